The molecule has 0 aliphatic heterocycles. The van der Waals surface area contributed by atoms with Gasteiger partial charge in [-0.25, -0.2) is 9.78 Å². The maximum atomic E-state index is 11.0. The Kier molecular flexibility index (Phi) is 4.45. The molecule has 0 aliphatic carbocycles. The van der Waals surface area contributed by atoms with Crippen molar-refractivity contribution < 1.29 is 14.8 Å². The lowest BCUT2D eigenvalue weighted by atomic mass is 10.3. The number of hydrogen-bond donors (Lipinski definition) is 1. The second kappa shape index (κ2) is 5.62. The standard InChI is InChI=1S/C10H12N2O4S/c1-3-6(2)17-9-8(10(13)14)4-7(5-11-9)12(15)16/h4-6H,3H2,1-2H3,(H,13,14). The van der Waals surface area contributed by atoms with Gasteiger partial charge in [0.05, 0.1) is 10.5 Å². The fraction of sp³-hybridized carbons (Fsp3) is 0.400. The molecule has 1 aromatic rings. The van der Waals surface area contributed by atoms with E-state index >= 15 is 0 Å². The van der Waals surface area contributed by atoms with E-state index in [1.54, 1.807) is 0 Å². The summed E-state index contributed by atoms with van der Waals surface area (Å²) in [7, 11) is 0. The number of carboxylic acids is 1. The molecule has 17 heavy (non-hydrogen) atoms. The van der Waals surface area contributed by atoms with Gasteiger partial charge in [0.2, 0.25) is 0 Å². The maximum absolute atomic E-state index is 11.0. The highest BCUT2D eigenvalue weighted by molar-refractivity contribution is 7.99. The van der Waals surface area contributed by atoms with Crippen molar-refractivity contribution in [1.29, 1.82) is 0 Å². The van der Waals surface area contributed by atoms with Gasteiger partial charge in [-0.1, -0.05) is 13.8 Å². The van der Waals surface area contributed by atoms with E-state index in [1.807, 2.05) is 13.8 Å². The number of thioether (sulfide) groups is 1. The van der Waals surface area contributed by atoms with Gasteiger partial charge in [0.1, 0.15) is 11.2 Å². The van der Waals surface area contributed by atoms with E-state index in [9.17, 15) is 14.9 Å². The van der Waals surface area contributed by atoms with E-state index in [1.165, 1.54) is 11.8 Å². The summed E-state index contributed by atoms with van der Waals surface area (Å²) >= 11 is 1.30. The Morgan fingerprint density at radius 2 is 2.35 bits per heavy atom. The summed E-state index contributed by atoms with van der Waals surface area (Å²) in [5.41, 5.74) is -0.430. The number of aromatic nitrogens is 1. The molecule has 1 unspecified atom stereocenters. The minimum atomic E-state index is -1.20. The second-order valence-electron chi connectivity index (χ2n) is 3.45. The molecular weight excluding hydrogens is 244 g/mol. The summed E-state index contributed by atoms with van der Waals surface area (Å²) in [4.78, 5) is 24.7. The number of nitro groups is 1. The largest absolute Gasteiger partial charge is 0.478 e. The van der Waals surface area contributed by atoms with Crippen molar-refractivity contribution in [3.63, 3.8) is 0 Å². The maximum Gasteiger partial charge on any atom is 0.338 e. The molecule has 1 heterocycles. The highest BCUT2D eigenvalue weighted by Gasteiger charge is 2.19. The summed E-state index contributed by atoms with van der Waals surface area (Å²) < 4.78 is 0. The number of rotatable bonds is 5. The summed E-state index contributed by atoms with van der Waals surface area (Å²) in [6.07, 6.45) is 1.94. The van der Waals surface area contributed by atoms with Crippen molar-refractivity contribution in [1.82, 2.24) is 4.98 Å². The summed E-state index contributed by atoms with van der Waals surface area (Å²) in [6.45, 7) is 3.92. The van der Waals surface area contributed by atoms with Crippen LogP contribution in [-0.4, -0.2) is 26.2 Å². The average Bonchev–Trinajstić information content (AvgIpc) is 2.28. The zero-order valence-corrected chi connectivity index (χ0v) is 10.2. The van der Waals surface area contributed by atoms with Crippen LogP contribution in [0, 0.1) is 10.1 Å². The molecular formula is C10H12N2O4S. The number of nitrogens with zero attached hydrogens (tertiary/aromatic N) is 2. The van der Waals surface area contributed by atoms with Crippen LogP contribution in [0.5, 0.6) is 0 Å². The Labute approximate surface area is 102 Å². The second-order valence-corrected chi connectivity index (χ2v) is 4.87. The number of carbonyl (C=O) groups is 1. The Morgan fingerprint density at radius 1 is 1.71 bits per heavy atom. The SMILES string of the molecule is CCC(C)Sc1ncc([N+](=O)[O-])cc1C(=O)O. The van der Waals surface area contributed by atoms with Gasteiger partial charge < -0.3 is 5.11 Å². The molecule has 1 N–H and O–H groups in total. The number of hydrogen-bond acceptors (Lipinski definition) is 5. The molecule has 0 saturated heterocycles. The molecule has 0 fully saturated rings. The van der Waals surface area contributed by atoms with Crippen LogP contribution in [0.4, 0.5) is 5.69 Å². The summed E-state index contributed by atoms with van der Waals surface area (Å²) in [5, 5.41) is 20.0. The van der Waals surface area contributed by atoms with Gasteiger partial charge in [0.25, 0.3) is 5.69 Å². The molecule has 0 saturated carbocycles. The van der Waals surface area contributed by atoms with Crippen LogP contribution in [0.2, 0.25) is 0 Å². The fourth-order valence-corrected chi connectivity index (χ4v) is 2.00. The highest BCUT2D eigenvalue weighted by atomic mass is 32.2. The van der Waals surface area contributed by atoms with Gasteiger partial charge in [0, 0.05) is 11.3 Å². The van der Waals surface area contributed by atoms with Crippen LogP contribution in [0.3, 0.4) is 0 Å². The molecule has 1 atom stereocenters. The van der Waals surface area contributed by atoms with Gasteiger partial charge in [-0.05, 0) is 6.42 Å². The lowest BCUT2D eigenvalue weighted by Gasteiger charge is -2.09. The molecule has 0 amide bonds. The van der Waals surface area contributed by atoms with Crippen molar-refractivity contribution >= 4 is 23.4 Å². The van der Waals surface area contributed by atoms with Gasteiger partial charge >= 0.3 is 5.97 Å². The van der Waals surface area contributed by atoms with E-state index in [0.29, 0.717) is 5.03 Å². The van der Waals surface area contributed by atoms with E-state index in [4.69, 9.17) is 5.11 Å². The van der Waals surface area contributed by atoms with Crippen molar-refractivity contribution in [3.05, 3.63) is 27.9 Å². The van der Waals surface area contributed by atoms with Crippen molar-refractivity contribution in [2.45, 2.75) is 30.5 Å². The van der Waals surface area contributed by atoms with Crippen LogP contribution >= 0.6 is 11.8 Å². The molecule has 6 nitrogen and oxygen atoms in total. The van der Waals surface area contributed by atoms with Crippen LogP contribution in [-0.2, 0) is 0 Å². The lowest BCUT2D eigenvalue weighted by molar-refractivity contribution is -0.385. The fourth-order valence-electron chi connectivity index (χ4n) is 1.06. The summed E-state index contributed by atoms with van der Waals surface area (Å²) in [5.74, 6) is -1.20. The first-order valence-corrected chi connectivity index (χ1v) is 5.88. The molecule has 0 spiro atoms. The van der Waals surface area contributed by atoms with Crippen molar-refractivity contribution in [2.75, 3.05) is 0 Å². The third kappa shape index (κ3) is 3.42. The first-order chi connectivity index (χ1) is 7.95. The Bertz CT molecular complexity index is 450. The monoisotopic (exact) mass is 256 g/mol. The van der Waals surface area contributed by atoms with Crippen LogP contribution in [0.1, 0.15) is 30.6 Å². The quantitative estimate of drug-likeness (QED) is 0.494. The first kappa shape index (κ1) is 13.4. The average molecular weight is 256 g/mol. The molecule has 0 aliphatic rings. The Balaban J connectivity index is 3.13. The number of carboxylic acid groups (broad SMARTS) is 1. The minimum Gasteiger partial charge on any atom is -0.478 e. The molecule has 1 aromatic heterocycles. The lowest BCUT2D eigenvalue weighted by Crippen LogP contribution is -2.05. The van der Waals surface area contributed by atoms with Crippen molar-refractivity contribution in [3.8, 4) is 0 Å². The van der Waals surface area contributed by atoms with E-state index < -0.39 is 10.9 Å². The highest BCUT2D eigenvalue weighted by Crippen LogP contribution is 2.28. The van der Waals surface area contributed by atoms with Crippen LogP contribution < -0.4 is 0 Å². The van der Waals surface area contributed by atoms with Gasteiger partial charge in [-0.15, -0.1) is 11.8 Å². The number of pyridine rings is 1. The zero-order valence-electron chi connectivity index (χ0n) is 9.41. The van der Waals surface area contributed by atoms with Gasteiger partial charge in [-0.2, -0.15) is 0 Å². The predicted molar refractivity (Wildman–Crippen MR) is 63.5 cm³/mol. The molecule has 0 radical (unpaired) electrons. The Morgan fingerprint density at radius 3 is 2.82 bits per heavy atom. The number of aromatic carboxylic acids is 1. The third-order valence-electron chi connectivity index (χ3n) is 2.17. The minimum absolute atomic E-state index is 0.121. The molecule has 0 bridgehead atoms. The van der Waals surface area contributed by atoms with E-state index in [-0.39, 0.29) is 16.5 Å². The topological polar surface area (TPSA) is 93.3 Å². The van der Waals surface area contributed by atoms with Crippen LogP contribution in [0.25, 0.3) is 0 Å². The summed E-state index contributed by atoms with van der Waals surface area (Å²) in [6, 6.07) is 1.04. The zero-order chi connectivity index (χ0) is 13.0. The first-order valence-electron chi connectivity index (χ1n) is 5.00. The molecule has 92 valence electrons. The normalized spacial score (nSPS) is 12.1. The Hall–Kier alpha value is -1.63. The third-order valence-corrected chi connectivity index (χ3v) is 3.45. The van der Waals surface area contributed by atoms with Crippen LogP contribution in [0.15, 0.2) is 17.3 Å². The molecule has 0 aromatic carbocycles. The van der Waals surface area contributed by atoms with E-state index in [2.05, 4.69) is 4.98 Å². The van der Waals surface area contributed by atoms with Gasteiger partial charge in [-0.3, -0.25) is 10.1 Å². The van der Waals surface area contributed by atoms with Gasteiger partial charge in [0.15, 0.2) is 0 Å². The van der Waals surface area contributed by atoms with Crippen molar-refractivity contribution in [2.24, 2.45) is 0 Å². The smallest absolute Gasteiger partial charge is 0.338 e. The predicted octanol–water partition coefficient (Wildman–Crippen LogP) is 2.58. The molecule has 1 rings (SSSR count). The molecule has 7 heteroatoms. The van der Waals surface area contributed by atoms with E-state index in [0.717, 1.165) is 18.7 Å².